The molecule has 0 unspecified atom stereocenters. The van der Waals surface area contributed by atoms with Gasteiger partial charge < -0.3 is 14.8 Å². The maximum atomic E-state index is 12.4. The van der Waals surface area contributed by atoms with Crippen LogP contribution < -0.4 is 14.8 Å². The highest BCUT2D eigenvalue weighted by atomic mass is 32.2. The van der Waals surface area contributed by atoms with Crippen molar-refractivity contribution in [3.63, 3.8) is 0 Å². The number of thioether (sulfide) groups is 1. The first-order valence-corrected chi connectivity index (χ1v) is 11.1. The number of rotatable bonds is 7. The molecule has 8 nitrogen and oxygen atoms in total. The molecule has 0 bridgehead atoms. The highest BCUT2D eigenvalue weighted by Crippen LogP contribution is 2.30. The zero-order valence-corrected chi connectivity index (χ0v) is 19.3. The third-order valence-corrected chi connectivity index (χ3v) is 5.91. The van der Waals surface area contributed by atoms with Gasteiger partial charge in [0.15, 0.2) is 5.17 Å². The molecule has 9 heteroatoms. The number of nitro benzene ring substituents is 1. The summed E-state index contributed by atoms with van der Waals surface area (Å²) in [6, 6.07) is 19.6. The van der Waals surface area contributed by atoms with Gasteiger partial charge in [-0.05, 0) is 66.7 Å². The second kappa shape index (κ2) is 10.2. The van der Waals surface area contributed by atoms with Crippen LogP contribution in [0.2, 0.25) is 0 Å². The van der Waals surface area contributed by atoms with E-state index in [1.807, 2.05) is 48.5 Å². The average Bonchev–Trinajstić information content (AvgIpc) is 3.16. The Labute approximate surface area is 200 Å². The second-order valence-corrected chi connectivity index (χ2v) is 8.41. The molecule has 172 valence electrons. The summed E-state index contributed by atoms with van der Waals surface area (Å²) < 4.78 is 11.3. The molecule has 0 aliphatic carbocycles. The third kappa shape index (κ3) is 5.44. The number of hydrogen-bond acceptors (Lipinski definition) is 7. The van der Waals surface area contributed by atoms with Crippen molar-refractivity contribution in [3.8, 4) is 11.5 Å². The van der Waals surface area contributed by atoms with Crippen LogP contribution in [0.25, 0.3) is 6.08 Å². The van der Waals surface area contributed by atoms with Crippen LogP contribution in [0.15, 0.2) is 76.6 Å². The van der Waals surface area contributed by atoms with Gasteiger partial charge in [0.2, 0.25) is 0 Å². The predicted octanol–water partition coefficient (Wildman–Crippen LogP) is 5.38. The Balaban J connectivity index is 1.51. The van der Waals surface area contributed by atoms with Crippen molar-refractivity contribution >= 4 is 40.3 Å². The molecule has 1 aliphatic rings. The number of ether oxygens (including phenoxy) is 2. The Bertz CT molecular complexity index is 1310. The van der Waals surface area contributed by atoms with Crippen LogP contribution in [0, 0.1) is 17.0 Å². The zero-order valence-electron chi connectivity index (χ0n) is 18.5. The number of nitrogens with zero attached hydrogens (tertiary/aromatic N) is 2. The van der Waals surface area contributed by atoms with E-state index in [1.165, 1.54) is 17.8 Å². The molecular weight excluding hydrogens is 454 g/mol. The van der Waals surface area contributed by atoms with Crippen molar-refractivity contribution in [3.05, 3.63) is 98.4 Å². The van der Waals surface area contributed by atoms with Gasteiger partial charge in [0.05, 0.1) is 22.6 Å². The first kappa shape index (κ1) is 23.1. The predicted molar refractivity (Wildman–Crippen MR) is 132 cm³/mol. The van der Waals surface area contributed by atoms with Crippen LogP contribution in [0.3, 0.4) is 0 Å². The lowest BCUT2D eigenvalue weighted by Gasteiger charge is -2.12. The molecule has 1 N–H and O–H groups in total. The maximum absolute atomic E-state index is 12.4. The molecule has 3 aromatic rings. The van der Waals surface area contributed by atoms with Crippen molar-refractivity contribution in [1.82, 2.24) is 5.32 Å². The van der Waals surface area contributed by atoms with Crippen LogP contribution >= 0.6 is 11.8 Å². The Hall–Kier alpha value is -4.11. The second-order valence-electron chi connectivity index (χ2n) is 7.38. The minimum atomic E-state index is -0.424. The number of hydrogen-bond donors (Lipinski definition) is 1. The minimum absolute atomic E-state index is 0.0427. The fourth-order valence-electron chi connectivity index (χ4n) is 3.34. The van der Waals surface area contributed by atoms with Crippen LogP contribution in [0.1, 0.15) is 16.7 Å². The standard InChI is InChI=1S/C25H21N3O5S/c1-16-12-20(9-10-21(16)28(30)31)33-15-18-13-17(8-11-22(18)32-2)14-23-24(29)27-25(34-23)26-19-6-4-3-5-7-19/h3-14H,15H2,1-2H3,(H,26,27,29)/b23-14-. The number of methoxy groups -OCH3 is 1. The van der Waals surface area contributed by atoms with Crippen LogP contribution in [0.5, 0.6) is 11.5 Å². The van der Waals surface area contributed by atoms with E-state index in [4.69, 9.17) is 9.47 Å². The number of aliphatic imine (C=N–C) groups is 1. The lowest BCUT2D eigenvalue weighted by molar-refractivity contribution is -0.385. The van der Waals surface area contributed by atoms with E-state index in [0.717, 1.165) is 16.8 Å². The van der Waals surface area contributed by atoms with E-state index < -0.39 is 4.92 Å². The summed E-state index contributed by atoms with van der Waals surface area (Å²) in [5.74, 6) is 0.937. The lowest BCUT2D eigenvalue weighted by atomic mass is 10.1. The maximum Gasteiger partial charge on any atom is 0.272 e. The highest BCUT2D eigenvalue weighted by Gasteiger charge is 2.24. The van der Waals surface area contributed by atoms with Gasteiger partial charge in [0.25, 0.3) is 11.6 Å². The summed E-state index contributed by atoms with van der Waals surface area (Å²) in [6.07, 6.45) is 1.78. The Kier molecular flexibility index (Phi) is 6.93. The molecule has 0 spiro atoms. The molecule has 1 heterocycles. The highest BCUT2D eigenvalue weighted by molar-refractivity contribution is 8.18. The fourth-order valence-corrected chi connectivity index (χ4v) is 4.18. The molecule has 1 fully saturated rings. The summed E-state index contributed by atoms with van der Waals surface area (Å²) in [5, 5.41) is 14.3. The monoisotopic (exact) mass is 475 g/mol. The summed E-state index contributed by atoms with van der Waals surface area (Å²) in [7, 11) is 1.57. The minimum Gasteiger partial charge on any atom is -0.496 e. The summed E-state index contributed by atoms with van der Waals surface area (Å²) >= 11 is 1.27. The molecule has 1 aliphatic heterocycles. The van der Waals surface area contributed by atoms with Crippen molar-refractivity contribution < 1.29 is 19.2 Å². The van der Waals surface area contributed by atoms with Gasteiger partial charge in [-0.1, -0.05) is 24.3 Å². The quantitative estimate of drug-likeness (QED) is 0.279. The molecule has 0 atom stereocenters. The number of nitro groups is 1. The molecular formula is C25H21N3O5S. The number of carbonyl (C=O) groups is 1. The van der Waals surface area contributed by atoms with E-state index in [2.05, 4.69) is 10.3 Å². The smallest absolute Gasteiger partial charge is 0.272 e. The van der Waals surface area contributed by atoms with E-state index in [0.29, 0.717) is 27.1 Å². The van der Waals surface area contributed by atoms with Crippen LogP contribution in [0.4, 0.5) is 11.4 Å². The fraction of sp³-hybridized carbons (Fsp3) is 0.120. The van der Waals surface area contributed by atoms with Gasteiger partial charge >= 0.3 is 0 Å². The van der Waals surface area contributed by atoms with Crippen molar-refractivity contribution in [2.75, 3.05) is 7.11 Å². The molecule has 0 radical (unpaired) electrons. The molecule has 1 saturated heterocycles. The van der Waals surface area contributed by atoms with E-state index in [9.17, 15) is 14.9 Å². The molecule has 34 heavy (non-hydrogen) atoms. The number of amides is 1. The summed E-state index contributed by atoms with van der Waals surface area (Å²) in [5.41, 5.74) is 2.90. The van der Waals surface area contributed by atoms with Gasteiger partial charge in [-0.3, -0.25) is 14.9 Å². The molecule has 4 rings (SSSR count). The van der Waals surface area contributed by atoms with Gasteiger partial charge in [0, 0.05) is 17.2 Å². The molecule has 0 saturated carbocycles. The zero-order chi connectivity index (χ0) is 24.1. The summed E-state index contributed by atoms with van der Waals surface area (Å²) in [6.45, 7) is 1.86. The average molecular weight is 476 g/mol. The van der Waals surface area contributed by atoms with Crippen molar-refractivity contribution in [2.24, 2.45) is 4.99 Å². The van der Waals surface area contributed by atoms with E-state index in [1.54, 1.807) is 32.2 Å². The van der Waals surface area contributed by atoms with Crippen LogP contribution in [-0.4, -0.2) is 23.1 Å². The largest absolute Gasteiger partial charge is 0.496 e. The van der Waals surface area contributed by atoms with Crippen molar-refractivity contribution in [1.29, 1.82) is 0 Å². The normalized spacial score (nSPS) is 15.4. The molecule has 3 aromatic carbocycles. The third-order valence-electron chi connectivity index (χ3n) is 5.00. The molecule has 0 aromatic heterocycles. The SMILES string of the molecule is COc1ccc(/C=C2\SC(=Nc3ccccc3)NC2=O)cc1COc1ccc([N+](=O)[O-])c(C)c1. The van der Waals surface area contributed by atoms with Gasteiger partial charge in [-0.15, -0.1) is 0 Å². The first-order chi connectivity index (χ1) is 16.4. The topological polar surface area (TPSA) is 103 Å². The van der Waals surface area contributed by atoms with E-state index in [-0.39, 0.29) is 18.2 Å². The number of nitrogens with one attached hydrogen (secondary N) is 1. The van der Waals surface area contributed by atoms with Gasteiger partial charge in [0.1, 0.15) is 18.1 Å². The number of amidine groups is 1. The number of carbonyl (C=O) groups excluding carboxylic acids is 1. The lowest BCUT2D eigenvalue weighted by Crippen LogP contribution is -2.19. The summed E-state index contributed by atoms with van der Waals surface area (Å²) in [4.78, 5) is 28.0. The Morgan fingerprint density at radius 1 is 1.12 bits per heavy atom. The Morgan fingerprint density at radius 3 is 2.62 bits per heavy atom. The number of para-hydroxylation sites is 1. The van der Waals surface area contributed by atoms with Crippen LogP contribution in [-0.2, 0) is 11.4 Å². The number of benzene rings is 3. The van der Waals surface area contributed by atoms with E-state index >= 15 is 0 Å². The van der Waals surface area contributed by atoms with Crippen molar-refractivity contribution in [2.45, 2.75) is 13.5 Å². The Morgan fingerprint density at radius 2 is 1.91 bits per heavy atom. The number of aryl methyl sites for hydroxylation is 1. The van der Waals surface area contributed by atoms with Gasteiger partial charge in [-0.2, -0.15) is 0 Å². The first-order valence-electron chi connectivity index (χ1n) is 10.3. The molecule has 1 amide bonds. The van der Waals surface area contributed by atoms with Gasteiger partial charge in [-0.25, -0.2) is 4.99 Å².